The molecule has 0 saturated carbocycles. The Hall–Kier alpha value is -2.84. The van der Waals surface area contributed by atoms with Crippen LogP contribution in [0.1, 0.15) is 94.7 Å². The molecule has 37 heavy (non-hydrogen) atoms. The molecule has 7 nitrogen and oxygen atoms in total. The minimum Gasteiger partial charge on any atom is -0.358 e. The first-order chi connectivity index (χ1) is 16.7. The van der Waals surface area contributed by atoms with Gasteiger partial charge in [0.05, 0.1) is 11.1 Å². The summed E-state index contributed by atoms with van der Waals surface area (Å²) < 4.78 is 0. The molecule has 206 valence electrons. The number of fused-ring (bicyclic) bond motifs is 1. The van der Waals surface area contributed by atoms with E-state index in [4.69, 9.17) is 7.85 Å². The Morgan fingerprint density at radius 1 is 1.05 bits per heavy atom. The van der Waals surface area contributed by atoms with Crippen LogP contribution in [0.5, 0.6) is 0 Å². The molecule has 0 aliphatic carbocycles. The van der Waals surface area contributed by atoms with E-state index in [1.54, 1.807) is 24.3 Å². The molecule has 2 heterocycles. The maximum atomic E-state index is 12.7. The molecule has 1 aromatic carbocycles. The first kappa shape index (κ1) is 36.3. The van der Waals surface area contributed by atoms with E-state index < -0.39 is 0 Å². The number of aromatic nitrogens is 1. The summed E-state index contributed by atoms with van der Waals surface area (Å²) in [6, 6.07) is 5.34. The van der Waals surface area contributed by atoms with Crippen molar-refractivity contribution in [3.05, 3.63) is 46.3 Å². The fourth-order valence-corrected chi connectivity index (χ4v) is 3.71. The van der Waals surface area contributed by atoms with Crippen LogP contribution in [0.15, 0.2) is 18.2 Å². The molecule has 0 spiro atoms. The number of likely N-dealkylation sites (N-methyl/N-ethyl adjacent to an activating group) is 1. The Labute approximate surface area is 226 Å². The van der Waals surface area contributed by atoms with Crippen molar-refractivity contribution in [3.63, 3.8) is 0 Å². The van der Waals surface area contributed by atoms with Gasteiger partial charge in [-0.2, -0.15) is 0 Å². The number of amides is 2. The number of H-pyrrole nitrogens is 1. The largest absolute Gasteiger partial charge is 0.358 e. The Balaban J connectivity index is 0. The van der Waals surface area contributed by atoms with Crippen molar-refractivity contribution >= 4 is 42.5 Å². The zero-order valence-corrected chi connectivity index (χ0v) is 23.6. The Morgan fingerprint density at radius 2 is 1.62 bits per heavy atom. The zero-order chi connectivity index (χ0) is 26.5. The molecule has 3 rings (SSSR count). The Kier molecular flexibility index (Phi) is 18.1. The number of anilines is 1. The molecular weight excluding hydrogens is 461 g/mol. The van der Waals surface area contributed by atoms with Crippen molar-refractivity contribution in [2.75, 3.05) is 31.5 Å². The smallest absolute Gasteiger partial charge is 0.256 e. The molecule has 0 atom stereocenters. The van der Waals surface area contributed by atoms with Crippen molar-refractivity contribution in [3.8, 4) is 0 Å². The molecule has 2 radical (unpaired) electrons. The number of hydrogen-bond donors (Lipinski definition) is 4. The van der Waals surface area contributed by atoms with Crippen LogP contribution in [-0.2, 0) is 4.79 Å². The summed E-state index contributed by atoms with van der Waals surface area (Å²) in [5.41, 5.74) is 5.61. The summed E-state index contributed by atoms with van der Waals surface area (Å²) in [5, 5.41) is 5.85. The first-order valence-electron chi connectivity index (χ1n) is 12.8. The summed E-state index contributed by atoms with van der Waals surface area (Å²) in [5.74, 6) is -0.281. The van der Waals surface area contributed by atoms with E-state index in [9.17, 15) is 9.59 Å². The van der Waals surface area contributed by atoms with Crippen LogP contribution in [0, 0.1) is 13.8 Å². The third-order valence-corrected chi connectivity index (χ3v) is 5.43. The van der Waals surface area contributed by atoms with Gasteiger partial charge in [0.2, 0.25) is 0 Å². The number of rotatable bonds is 7. The van der Waals surface area contributed by atoms with Gasteiger partial charge in [-0.15, -0.1) is 0 Å². The number of aromatic amines is 1. The second kappa shape index (κ2) is 18.4. The molecule has 0 fully saturated rings. The van der Waals surface area contributed by atoms with Gasteiger partial charge < -0.3 is 26.7 Å². The second-order valence-electron chi connectivity index (χ2n) is 8.68. The minimum atomic E-state index is -0.178. The highest BCUT2D eigenvalue weighted by atomic mass is 16.2. The number of carbonyl (C=O) groups excluding carboxylic acids is 2. The maximum Gasteiger partial charge on any atom is 0.256 e. The van der Waals surface area contributed by atoms with E-state index in [-0.39, 0.29) is 25.4 Å². The number of nitrogens with zero attached hydrogens (tertiary/aromatic N) is 1. The summed E-state index contributed by atoms with van der Waals surface area (Å²) in [6.45, 7) is 19.8. The summed E-state index contributed by atoms with van der Waals surface area (Å²) in [4.78, 5) is 30.7. The quantitative estimate of drug-likeness (QED) is 0.285. The molecular formula is C29H50BN5O2. The van der Waals surface area contributed by atoms with Crippen molar-refractivity contribution in [2.45, 2.75) is 75.7 Å². The zero-order valence-electron chi connectivity index (χ0n) is 23.6. The monoisotopic (exact) mass is 511 g/mol. The van der Waals surface area contributed by atoms with Crippen molar-refractivity contribution < 1.29 is 9.59 Å². The van der Waals surface area contributed by atoms with E-state index in [2.05, 4.69) is 62.1 Å². The molecule has 1 aliphatic heterocycles. The average molecular weight is 512 g/mol. The van der Waals surface area contributed by atoms with Crippen LogP contribution in [0.3, 0.4) is 0 Å². The molecule has 2 amide bonds. The lowest BCUT2D eigenvalue weighted by atomic mass is 9.92. The second-order valence-corrected chi connectivity index (χ2v) is 8.68. The normalized spacial score (nSPS) is 12.2. The van der Waals surface area contributed by atoms with Crippen molar-refractivity contribution in [1.82, 2.24) is 21.4 Å². The minimum absolute atomic E-state index is 0. The third-order valence-electron chi connectivity index (χ3n) is 5.43. The van der Waals surface area contributed by atoms with Crippen molar-refractivity contribution in [2.24, 2.45) is 0 Å². The molecule has 2 aromatic rings. The van der Waals surface area contributed by atoms with Gasteiger partial charge in [-0.05, 0) is 44.6 Å². The van der Waals surface area contributed by atoms with Gasteiger partial charge in [-0.3, -0.25) is 9.59 Å². The predicted octanol–water partition coefficient (Wildman–Crippen LogP) is 5.62. The van der Waals surface area contributed by atoms with Gasteiger partial charge in [-0.1, -0.05) is 79.4 Å². The van der Waals surface area contributed by atoms with Crippen LogP contribution in [0.4, 0.5) is 5.69 Å². The number of nitrogens with one attached hydrogen (secondary N) is 3. The molecule has 1 aromatic heterocycles. The van der Waals surface area contributed by atoms with Gasteiger partial charge in [0.1, 0.15) is 7.85 Å². The molecule has 1 aliphatic rings. The third kappa shape index (κ3) is 10.2. The average Bonchev–Trinajstić information content (AvgIpc) is 3.27. The standard InChI is InChI=1S/C22H27BN4O2.2C3H8.CH4.H3N/c1-5-27(6-2)10-9-24-22(29)20-13(3)19(25-14(20)4)12-17-16-11-15(23)7-8-18(16)26-21(17)28;2*1-3-2;;/h7-8,11-12,25H,5-6,9-10H2,1-4H3,(H,24,29)(H,26,28);2*3H2,1-2H3;1H4;1H3/b17-12-;;;;. The Bertz CT molecular complexity index is 1010. The first-order valence-corrected chi connectivity index (χ1v) is 12.8. The lowest BCUT2D eigenvalue weighted by Gasteiger charge is -2.18. The summed E-state index contributed by atoms with van der Waals surface area (Å²) in [7, 11) is 5.89. The van der Waals surface area contributed by atoms with E-state index in [1.807, 2.05) is 13.8 Å². The number of carbonyl (C=O) groups is 2. The van der Waals surface area contributed by atoms with Gasteiger partial charge in [-0.25, -0.2) is 0 Å². The molecule has 0 unspecified atom stereocenters. The SMILES string of the molecule is C.CCC.CCC.N.[B]c1ccc2c(c1)/C(=C/c1[nH]c(C)c(C(=O)NCCN(CC)CC)c1C)C(=O)N2. The maximum absolute atomic E-state index is 12.7. The van der Waals surface area contributed by atoms with E-state index in [0.717, 1.165) is 47.8 Å². The van der Waals surface area contributed by atoms with E-state index in [1.165, 1.54) is 12.8 Å². The van der Waals surface area contributed by atoms with Crippen LogP contribution in [0.25, 0.3) is 11.6 Å². The molecule has 0 bridgehead atoms. The van der Waals surface area contributed by atoms with Gasteiger partial charge in [0.25, 0.3) is 11.8 Å². The van der Waals surface area contributed by atoms with Crippen LogP contribution < -0.4 is 22.2 Å². The van der Waals surface area contributed by atoms with Crippen LogP contribution in [0.2, 0.25) is 0 Å². The highest BCUT2D eigenvalue weighted by Crippen LogP contribution is 2.33. The lowest BCUT2D eigenvalue weighted by molar-refractivity contribution is -0.110. The number of hydrogen-bond acceptors (Lipinski definition) is 4. The fraction of sp³-hybridized carbons (Fsp3) is 0.517. The fourth-order valence-electron chi connectivity index (χ4n) is 3.71. The van der Waals surface area contributed by atoms with Gasteiger partial charge in [0.15, 0.2) is 0 Å². The van der Waals surface area contributed by atoms with Crippen LogP contribution >= 0.6 is 0 Å². The molecule has 8 heteroatoms. The topological polar surface area (TPSA) is 112 Å². The summed E-state index contributed by atoms with van der Waals surface area (Å²) in [6.07, 6.45) is 4.29. The van der Waals surface area contributed by atoms with Crippen molar-refractivity contribution in [1.29, 1.82) is 0 Å². The predicted molar refractivity (Wildman–Crippen MR) is 162 cm³/mol. The summed E-state index contributed by atoms with van der Waals surface area (Å²) >= 11 is 0. The number of benzene rings is 1. The lowest BCUT2D eigenvalue weighted by Crippen LogP contribution is -2.35. The number of aryl methyl sites for hydroxylation is 1. The van der Waals surface area contributed by atoms with E-state index >= 15 is 0 Å². The molecule has 0 saturated heterocycles. The Morgan fingerprint density at radius 3 is 2.16 bits per heavy atom. The highest BCUT2D eigenvalue weighted by molar-refractivity contribution is 6.37. The molecule has 6 N–H and O–H groups in total. The highest BCUT2D eigenvalue weighted by Gasteiger charge is 2.25. The van der Waals surface area contributed by atoms with E-state index in [0.29, 0.717) is 23.1 Å². The van der Waals surface area contributed by atoms with Gasteiger partial charge >= 0.3 is 0 Å². The van der Waals surface area contributed by atoms with Crippen LogP contribution in [-0.4, -0.2) is 55.7 Å². The van der Waals surface area contributed by atoms with Gasteiger partial charge in [0, 0.05) is 35.7 Å².